The minimum atomic E-state index is -0.532. The maximum Gasteiger partial charge on any atom is 0.350 e. The highest BCUT2D eigenvalue weighted by Gasteiger charge is 2.18. The van der Waals surface area contributed by atoms with Gasteiger partial charge in [-0.1, -0.05) is 0 Å². The molecule has 0 bridgehead atoms. The molecule has 2 aromatic rings. The molecule has 0 atom stereocenters. The number of carbonyl (C=O) groups excluding carboxylic acids is 1. The monoisotopic (exact) mass is 239 g/mol. The summed E-state index contributed by atoms with van der Waals surface area (Å²) < 4.78 is 18.6. The second-order valence-corrected chi connectivity index (χ2v) is 4.48. The minimum Gasteiger partial charge on any atom is -0.465 e. The molecule has 0 saturated carbocycles. The van der Waals surface area contributed by atoms with Gasteiger partial charge in [-0.2, -0.15) is 0 Å². The first-order chi connectivity index (χ1) is 7.54. The smallest absolute Gasteiger partial charge is 0.350 e. The Labute approximate surface area is 95.6 Å². The van der Waals surface area contributed by atoms with Gasteiger partial charge in [0.25, 0.3) is 0 Å². The summed E-state index contributed by atoms with van der Waals surface area (Å²) in [6.45, 7) is 1.78. The average molecular weight is 239 g/mol. The van der Waals surface area contributed by atoms with E-state index in [4.69, 9.17) is 5.73 Å². The van der Waals surface area contributed by atoms with Crippen LogP contribution in [0.2, 0.25) is 0 Å². The van der Waals surface area contributed by atoms with Gasteiger partial charge in [0.1, 0.15) is 10.7 Å². The number of halogens is 1. The fraction of sp³-hybridized carbons (Fsp3) is 0.182. The zero-order valence-corrected chi connectivity index (χ0v) is 9.65. The fourth-order valence-electron chi connectivity index (χ4n) is 1.56. The van der Waals surface area contributed by atoms with E-state index in [-0.39, 0.29) is 16.4 Å². The van der Waals surface area contributed by atoms with Crippen LogP contribution in [0.5, 0.6) is 0 Å². The number of fused-ring (bicyclic) bond motifs is 1. The SMILES string of the molecule is COC(=O)c1sc2c(F)cc(C)cc2c1N. The third-order valence-electron chi connectivity index (χ3n) is 2.30. The number of methoxy groups -OCH3 is 1. The Hall–Kier alpha value is -1.62. The van der Waals surface area contributed by atoms with Gasteiger partial charge in [0.15, 0.2) is 0 Å². The molecule has 2 rings (SSSR count). The highest BCUT2D eigenvalue weighted by Crippen LogP contribution is 2.36. The summed E-state index contributed by atoms with van der Waals surface area (Å²) in [6.07, 6.45) is 0. The number of hydrogen-bond donors (Lipinski definition) is 1. The van der Waals surface area contributed by atoms with Crippen LogP contribution in [0.15, 0.2) is 12.1 Å². The Morgan fingerprint density at radius 1 is 1.50 bits per heavy atom. The number of aryl methyl sites for hydroxylation is 1. The van der Waals surface area contributed by atoms with E-state index in [1.807, 2.05) is 0 Å². The summed E-state index contributed by atoms with van der Waals surface area (Å²) in [5.74, 6) is -0.891. The first kappa shape index (κ1) is 10.9. The van der Waals surface area contributed by atoms with Crippen molar-refractivity contribution in [1.29, 1.82) is 0 Å². The predicted octanol–water partition coefficient (Wildman–Crippen LogP) is 2.72. The molecule has 0 aliphatic carbocycles. The van der Waals surface area contributed by atoms with Gasteiger partial charge in [0.05, 0.1) is 17.5 Å². The van der Waals surface area contributed by atoms with Gasteiger partial charge in [0, 0.05) is 5.39 Å². The van der Waals surface area contributed by atoms with Gasteiger partial charge < -0.3 is 10.5 Å². The first-order valence-electron chi connectivity index (χ1n) is 4.61. The molecule has 0 aliphatic rings. The van der Waals surface area contributed by atoms with Gasteiger partial charge in [0.2, 0.25) is 0 Å². The normalized spacial score (nSPS) is 10.7. The largest absolute Gasteiger partial charge is 0.465 e. The molecule has 0 radical (unpaired) electrons. The van der Waals surface area contributed by atoms with Crippen LogP contribution in [0.4, 0.5) is 10.1 Å². The van der Waals surface area contributed by atoms with E-state index in [0.717, 1.165) is 16.9 Å². The second-order valence-electron chi connectivity index (χ2n) is 3.46. The van der Waals surface area contributed by atoms with Crippen molar-refractivity contribution in [1.82, 2.24) is 0 Å². The number of hydrogen-bond acceptors (Lipinski definition) is 4. The number of thiophene rings is 1. The number of anilines is 1. The third kappa shape index (κ3) is 1.53. The van der Waals surface area contributed by atoms with Crippen LogP contribution < -0.4 is 5.73 Å². The minimum absolute atomic E-state index is 0.252. The number of carbonyl (C=O) groups is 1. The lowest BCUT2D eigenvalue weighted by Crippen LogP contribution is -2.01. The molecule has 0 amide bonds. The number of nitrogens with two attached hydrogens (primary N) is 1. The molecule has 2 N–H and O–H groups in total. The Kier molecular flexibility index (Phi) is 2.55. The number of benzene rings is 1. The molecular weight excluding hydrogens is 229 g/mol. The van der Waals surface area contributed by atoms with Crippen molar-refractivity contribution in [2.75, 3.05) is 12.8 Å². The second kappa shape index (κ2) is 3.75. The summed E-state index contributed by atoms with van der Waals surface area (Å²) >= 11 is 1.02. The van der Waals surface area contributed by atoms with Gasteiger partial charge in [-0.15, -0.1) is 11.3 Å². The molecule has 1 aromatic heterocycles. The van der Waals surface area contributed by atoms with Crippen LogP contribution in [0, 0.1) is 12.7 Å². The van der Waals surface area contributed by atoms with Crippen LogP contribution in [-0.4, -0.2) is 13.1 Å². The Bertz CT molecular complexity index is 577. The van der Waals surface area contributed by atoms with Crippen LogP contribution in [-0.2, 0) is 4.74 Å². The van der Waals surface area contributed by atoms with Crippen molar-refractivity contribution in [2.45, 2.75) is 6.92 Å². The van der Waals surface area contributed by atoms with Gasteiger partial charge in [-0.25, -0.2) is 9.18 Å². The molecule has 84 valence electrons. The lowest BCUT2D eigenvalue weighted by molar-refractivity contribution is 0.0607. The Balaban J connectivity index is 2.77. The summed E-state index contributed by atoms with van der Waals surface area (Å²) in [7, 11) is 1.27. The first-order valence-corrected chi connectivity index (χ1v) is 5.42. The topological polar surface area (TPSA) is 52.3 Å². The number of esters is 1. The van der Waals surface area contributed by atoms with E-state index in [1.165, 1.54) is 13.2 Å². The molecule has 3 nitrogen and oxygen atoms in total. The van der Waals surface area contributed by atoms with Crippen LogP contribution in [0.25, 0.3) is 10.1 Å². The van der Waals surface area contributed by atoms with Crippen molar-refractivity contribution < 1.29 is 13.9 Å². The number of nitrogen functional groups attached to an aromatic ring is 1. The molecule has 1 heterocycles. The number of ether oxygens (including phenoxy) is 1. The predicted molar refractivity (Wildman–Crippen MR) is 62.3 cm³/mol. The summed E-state index contributed by atoms with van der Waals surface area (Å²) in [5, 5.41) is 0.572. The van der Waals surface area contributed by atoms with Crippen molar-refractivity contribution in [3.63, 3.8) is 0 Å². The highest BCUT2D eigenvalue weighted by atomic mass is 32.1. The standard InChI is InChI=1S/C11H10FNO2S/c1-5-3-6-8(13)10(11(14)15-2)16-9(6)7(12)4-5/h3-4H,13H2,1-2H3. The summed E-state index contributed by atoms with van der Waals surface area (Å²) in [6, 6.07) is 3.18. The van der Waals surface area contributed by atoms with Gasteiger partial charge in [-0.3, -0.25) is 0 Å². The van der Waals surface area contributed by atoms with E-state index in [2.05, 4.69) is 4.74 Å². The van der Waals surface area contributed by atoms with Crippen LogP contribution >= 0.6 is 11.3 Å². The van der Waals surface area contributed by atoms with Gasteiger partial charge >= 0.3 is 5.97 Å². The lowest BCUT2D eigenvalue weighted by atomic mass is 10.1. The van der Waals surface area contributed by atoms with Crippen molar-refractivity contribution in [3.8, 4) is 0 Å². The van der Waals surface area contributed by atoms with E-state index < -0.39 is 5.97 Å². The summed E-state index contributed by atoms with van der Waals surface area (Å²) in [5.41, 5.74) is 6.85. The van der Waals surface area contributed by atoms with Crippen molar-refractivity contribution in [2.24, 2.45) is 0 Å². The summed E-state index contributed by atoms with van der Waals surface area (Å²) in [4.78, 5) is 11.6. The molecular formula is C11H10FNO2S. The molecule has 1 aromatic carbocycles. The maximum absolute atomic E-state index is 13.6. The van der Waals surface area contributed by atoms with Crippen LogP contribution in [0.3, 0.4) is 0 Å². The van der Waals surface area contributed by atoms with E-state index in [0.29, 0.717) is 10.1 Å². The zero-order chi connectivity index (χ0) is 11.9. The Morgan fingerprint density at radius 3 is 2.81 bits per heavy atom. The fourth-order valence-corrected chi connectivity index (χ4v) is 2.58. The number of rotatable bonds is 1. The quantitative estimate of drug-likeness (QED) is 0.778. The highest BCUT2D eigenvalue weighted by molar-refractivity contribution is 7.21. The molecule has 0 fully saturated rings. The van der Waals surface area contributed by atoms with E-state index in [1.54, 1.807) is 13.0 Å². The average Bonchev–Trinajstić information content (AvgIpc) is 2.56. The molecule has 0 unspecified atom stereocenters. The molecule has 16 heavy (non-hydrogen) atoms. The van der Waals surface area contributed by atoms with Crippen molar-refractivity contribution >= 4 is 33.1 Å². The maximum atomic E-state index is 13.6. The third-order valence-corrected chi connectivity index (χ3v) is 3.51. The van der Waals surface area contributed by atoms with E-state index >= 15 is 0 Å². The van der Waals surface area contributed by atoms with Crippen LogP contribution in [0.1, 0.15) is 15.2 Å². The van der Waals surface area contributed by atoms with E-state index in [9.17, 15) is 9.18 Å². The van der Waals surface area contributed by atoms with Crippen molar-refractivity contribution in [3.05, 3.63) is 28.4 Å². The van der Waals surface area contributed by atoms with Gasteiger partial charge in [-0.05, 0) is 24.6 Å². The molecule has 0 aliphatic heterocycles. The molecule has 0 spiro atoms. The lowest BCUT2D eigenvalue weighted by Gasteiger charge is -1.97. The molecule has 5 heteroatoms. The zero-order valence-electron chi connectivity index (χ0n) is 8.83. The Morgan fingerprint density at radius 2 is 2.19 bits per heavy atom. The molecule has 0 saturated heterocycles.